The van der Waals surface area contributed by atoms with Gasteiger partial charge in [-0.05, 0) is 54.6 Å². The number of nitrogens with zero attached hydrogens (tertiary/aromatic N) is 3. The lowest BCUT2D eigenvalue weighted by Crippen LogP contribution is -2.37. The van der Waals surface area contributed by atoms with Crippen LogP contribution in [0.5, 0.6) is 0 Å². The van der Waals surface area contributed by atoms with Gasteiger partial charge in [0.15, 0.2) is 0 Å². The van der Waals surface area contributed by atoms with E-state index >= 15 is 0 Å². The van der Waals surface area contributed by atoms with Gasteiger partial charge in [0.2, 0.25) is 5.91 Å². The number of amides is 1. The average molecular weight is 353 g/mol. The Morgan fingerprint density at radius 1 is 1.15 bits per heavy atom. The topological polar surface area (TPSA) is 56.7 Å². The van der Waals surface area contributed by atoms with Gasteiger partial charge in [-0.1, -0.05) is 24.3 Å². The van der Waals surface area contributed by atoms with Crippen molar-refractivity contribution in [3.8, 4) is 0 Å². The third-order valence-corrected chi connectivity index (χ3v) is 4.98. The molecule has 1 saturated heterocycles. The van der Waals surface area contributed by atoms with Crippen molar-refractivity contribution in [2.75, 3.05) is 26.7 Å². The third kappa shape index (κ3) is 5.13. The fraction of sp³-hybridized carbons (Fsp3) is 0.429. The van der Waals surface area contributed by atoms with Crippen molar-refractivity contribution < 1.29 is 9.90 Å². The van der Waals surface area contributed by atoms with E-state index in [0.29, 0.717) is 12.5 Å². The molecule has 26 heavy (non-hydrogen) atoms. The van der Waals surface area contributed by atoms with Crippen molar-refractivity contribution in [3.05, 3.63) is 65.5 Å². The van der Waals surface area contributed by atoms with Crippen LogP contribution in [-0.4, -0.2) is 52.5 Å². The van der Waals surface area contributed by atoms with Crippen LogP contribution in [0.3, 0.4) is 0 Å². The molecule has 0 unspecified atom stereocenters. The predicted molar refractivity (Wildman–Crippen MR) is 101 cm³/mol. The molecular weight excluding hydrogens is 326 g/mol. The average Bonchev–Trinajstić information content (AvgIpc) is 3.12. The first-order valence-corrected chi connectivity index (χ1v) is 9.18. The maximum Gasteiger partial charge on any atom is 0.236 e. The van der Waals surface area contributed by atoms with Gasteiger partial charge in [0.05, 0.1) is 13.2 Å². The number of likely N-dealkylation sites (N-methyl/N-ethyl adjacent to an activating group) is 1. The van der Waals surface area contributed by atoms with Crippen LogP contribution in [-0.2, 0) is 24.4 Å². The summed E-state index contributed by atoms with van der Waals surface area (Å²) >= 11 is 0. The summed E-state index contributed by atoms with van der Waals surface area (Å²) < 4.78 is 0. The smallest absolute Gasteiger partial charge is 0.236 e. The number of carbonyl (C=O) groups excluding carboxylic acids is 1. The molecule has 1 aliphatic rings. The van der Waals surface area contributed by atoms with Gasteiger partial charge in [0.25, 0.3) is 0 Å². The summed E-state index contributed by atoms with van der Waals surface area (Å²) in [6.07, 6.45) is 5.61. The monoisotopic (exact) mass is 353 g/mol. The maximum atomic E-state index is 12.6. The maximum absolute atomic E-state index is 12.6. The predicted octanol–water partition coefficient (Wildman–Crippen LogP) is 2.10. The second-order valence-electron chi connectivity index (χ2n) is 7.20. The lowest BCUT2D eigenvalue weighted by Gasteiger charge is -2.21. The van der Waals surface area contributed by atoms with E-state index in [1.165, 1.54) is 11.1 Å². The van der Waals surface area contributed by atoms with E-state index in [9.17, 15) is 4.79 Å². The minimum absolute atomic E-state index is 0.0823. The van der Waals surface area contributed by atoms with Gasteiger partial charge >= 0.3 is 0 Å². The molecule has 0 radical (unpaired) electrons. The van der Waals surface area contributed by atoms with Crippen molar-refractivity contribution >= 4 is 5.91 Å². The fourth-order valence-corrected chi connectivity index (χ4v) is 3.53. The van der Waals surface area contributed by atoms with E-state index in [-0.39, 0.29) is 12.5 Å². The number of aliphatic hydroxyl groups excluding tert-OH is 1. The van der Waals surface area contributed by atoms with Gasteiger partial charge in [-0.2, -0.15) is 0 Å². The van der Waals surface area contributed by atoms with Gasteiger partial charge in [-0.25, -0.2) is 0 Å². The van der Waals surface area contributed by atoms with Crippen molar-refractivity contribution in [1.29, 1.82) is 0 Å². The van der Waals surface area contributed by atoms with Gasteiger partial charge in [-0.3, -0.25) is 14.7 Å². The first kappa shape index (κ1) is 18.5. The summed E-state index contributed by atoms with van der Waals surface area (Å²) in [5, 5.41) is 9.12. The molecule has 2 heterocycles. The number of hydrogen-bond acceptors (Lipinski definition) is 4. The zero-order valence-corrected chi connectivity index (χ0v) is 15.3. The van der Waals surface area contributed by atoms with E-state index in [4.69, 9.17) is 5.11 Å². The fourth-order valence-electron chi connectivity index (χ4n) is 3.53. The van der Waals surface area contributed by atoms with Crippen molar-refractivity contribution in [2.24, 2.45) is 5.92 Å². The quantitative estimate of drug-likeness (QED) is 0.828. The minimum atomic E-state index is 0.0823. The second-order valence-corrected chi connectivity index (χ2v) is 7.20. The molecule has 0 spiro atoms. The molecule has 1 N–H and O–H groups in total. The molecule has 1 atom stereocenters. The molecule has 0 bridgehead atoms. The van der Waals surface area contributed by atoms with Gasteiger partial charge in [0, 0.05) is 32.0 Å². The van der Waals surface area contributed by atoms with Crippen LogP contribution in [0.25, 0.3) is 0 Å². The van der Waals surface area contributed by atoms with E-state index < -0.39 is 0 Å². The summed E-state index contributed by atoms with van der Waals surface area (Å²) in [4.78, 5) is 20.6. The summed E-state index contributed by atoms with van der Waals surface area (Å²) in [6, 6.07) is 12.1. The molecule has 138 valence electrons. The van der Waals surface area contributed by atoms with Crippen LogP contribution < -0.4 is 0 Å². The molecule has 1 aliphatic heterocycles. The zero-order valence-electron chi connectivity index (χ0n) is 15.3. The molecule has 1 aromatic heterocycles. The van der Waals surface area contributed by atoms with Crippen LogP contribution in [0, 0.1) is 5.92 Å². The van der Waals surface area contributed by atoms with Crippen LogP contribution in [0.4, 0.5) is 0 Å². The Kier molecular flexibility index (Phi) is 6.36. The van der Waals surface area contributed by atoms with E-state index in [2.05, 4.69) is 22.0 Å². The Bertz CT molecular complexity index is 703. The molecule has 0 saturated carbocycles. The van der Waals surface area contributed by atoms with Crippen molar-refractivity contribution in [1.82, 2.24) is 14.8 Å². The number of rotatable bonds is 7. The third-order valence-electron chi connectivity index (χ3n) is 4.98. The number of aliphatic hydroxyl groups is 1. The Morgan fingerprint density at radius 2 is 1.85 bits per heavy atom. The molecule has 0 aliphatic carbocycles. The summed E-state index contributed by atoms with van der Waals surface area (Å²) in [5.74, 6) is 0.726. The first-order valence-electron chi connectivity index (χ1n) is 9.18. The van der Waals surface area contributed by atoms with E-state index in [1.807, 2.05) is 36.2 Å². The SMILES string of the molecule is CN(CC(=O)N1CC[C@H](Cc2ccc(CO)cc2)C1)Cc1ccncc1. The minimum Gasteiger partial charge on any atom is -0.392 e. The van der Waals surface area contributed by atoms with E-state index in [1.54, 1.807) is 12.4 Å². The molecule has 3 rings (SSSR count). The Labute approximate surface area is 155 Å². The van der Waals surface area contributed by atoms with Crippen LogP contribution in [0.2, 0.25) is 0 Å². The van der Waals surface area contributed by atoms with E-state index in [0.717, 1.165) is 38.0 Å². The molecule has 1 aromatic carbocycles. The highest BCUT2D eigenvalue weighted by Gasteiger charge is 2.26. The molecule has 5 heteroatoms. The Hall–Kier alpha value is -2.24. The highest BCUT2D eigenvalue weighted by molar-refractivity contribution is 5.78. The largest absolute Gasteiger partial charge is 0.392 e. The number of aromatic nitrogens is 1. The summed E-state index contributed by atoms with van der Waals surface area (Å²) in [6.45, 7) is 2.97. The summed E-state index contributed by atoms with van der Waals surface area (Å²) in [7, 11) is 1.98. The van der Waals surface area contributed by atoms with Crippen LogP contribution in [0.15, 0.2) is 48.8 Å². The normalized spacial score (nSPS) is 17.0. The Morgan fingerprint density at radius 3 is 2.54 bits per heavy atom. The summed E-state index contributed by atoms with van der Waals surface area (Å²) in [5.41, 5.74) is 3.38. The number of pyridine rings is 1. The highest BCUT2D eigenvalue weighted by atomic mass is 16.3. The molecule has 2 aromatic rings. The highest BCUT2D eigenvalue weighted by Crippen LogP contribution is 2.21. The van der Waals surface area contributed by atoms with Gasteiger partial charge in [-0.15, -0.1) is 0 Å². The molecular formula is C21H27N3O2. The molecule has 5 nitrogen and oxygen atoms in total. The lowest BCUT2D eigenvalue weighted by molar-refractivity contribution is -0.131. The second kappa shape index (κ2) is 8.92. The number of benzene rings is 1. The zero-order chi connectivity index (χ0) is 18.4. The Balaban J connectivity index is 1.45. The van der Waals surface area contributed by atoms with Crippen LogP contribution >= 0.6 is 0 Å². The van der Waals surface area contributed by atoms with Crippen LogP contribution in [0.1, 0.15) is 23.1 Å². The number of likely N-dealkylation sites (tertiary alicyclic amines) is 1. The lowest BCUT2D eigenvalue weighted by atomic mass is 9.98. The first-order chi connectivity index (χ1) is 12.6. The van der Waals surface area contributed by atoms with Gasteiger partial charge < -0.3 is 10.0 Å². The van der Waals surface area contributed by atoms with Crippen molar-refractivity contribution in [3.63, 3.8) is 0 Å². The number of carbonyl (C=O) groups is 1. The molecule has 1 fully saturated rings. The standard InChI is InChI=1S/C21H27N3O2/c1-23(13-18-6-9-22-10-7-18)15-21(26)24-11-8-20(14-24)12-17-2-4-19(16-25)5-3-17/h2-7,9-10,20,25H,8,11-16H2,1H3/t20-/m1/s1. The molecule has 1 amide bonds. The van der Waals surface area contributed by atoms with Crippen molar-refractivity contribution in [2.45, 2.75) is 26.0 Å². The number of hydrogen-bond donors (Lipinski definition) is 1. The van der Waals surface area contributed by atoms with Gasteiger partial charge in [0.1, 0.15) is 0 Å².